The number of hydrogen-bond acceptors (Lipinski definition) is 2. The van der Waals surface area contributed by atoms with Gasteiger partial charge in [-0.2, -0.15) is 0 Å². The Kier molecular flexibility index (Phi) is 6.07. The first kappa shape index (κ1) is 17.0. The SMILES string of the molecule is CCC(C)C(COc1ccc(C(C)(C)C)cc1C)NC. The highest BCUT2D eigenvalue weighted by Crippen LogP contribution is 2.27. The largest absolute Gasteiger partial charge is 0.492 e. The van der Waals surface area contributed by atoms with Gasteiger partial charge in [0, 0.05) is 6.04 Å². The van der Waals surface area contributed by atoms with Crippen LogP contribution >= 0.6 is 0 Å². The van der Waals surface area contributed by atoms with Crippen molar-refractivity contribution in [3.63, 3.8) is 0 Å². The van der Waals surface area contributed by atoms with Crippen molar-refractivity contribution in [3.8, 4) is 5.75 Å². The normalized spacial score (nSPS) is 14.9. The van der Waals surface area contributed by atoms with Crippen molar-refractivity contribution in [1.82, 2.24) is 5.32 Å². The van der Waals surface area contributed by atoms with Crippen molar-refractivity contribution in [1.29, 1.82) is 0 Å². The molecule has 0 heterocycles. The van der Waals surface area contributed by atoms with Gasteiger partial charge >= 0.3 is 0 Å². The number of hydrogen-bond donors (Lipinski definition) is 1. The lowest BCUT2D eigenvalue weighted by Crippen LogP contribution is -2.37. The Hall–Kier alpha value is -1.02. The number of likely N-dealkylation sites (N-methyl/N-ethyl adjacent to an activating group) is 1. The summed E-state index contributed by atoms with van der Waals surface area (Å²) in [5.74, 6) is 1.62. The van der Waals surface area contributed by atoms with Crippen LogP contribution in [0.4, 0.5) is 0 Å². The highest BCUT2D eigenvalue weighted by molar-refractivity contribution is 5.38. The molecule has 0 aliphatic heterocycles. The van der Waals surface area contributed by atoms with Crippen LogP contribution in [0.5, 0.6) is 5.75 Å². The lowest BCUT2D eigenvalue weighted by molar-refractivity contribution is 0.227. The molecule has 1 N–H and O–H groups in total. The Labute approximate surface area is 124 Å². The van der Waals surface area contributed by atoms with Crippen molar-refractivity contribution in [2.45, 2.75) is 59.4 Å². The summed E-state index contributed by atoms with van der Waals surface area (Å²) in [6.07, 6.45) is 1.16. The molecular weight excluding hydrogens is 246 g/mol. The zero-order valence-corrected chi connectivity index (χ0v) is 14.2. The van der Waals surface area contributed by atoms with Crippen LogP contribution in [-0.2, 0) is 5.41 Å². The lowest BCUT2D eigenvalue weighted by Gasteiger charge is -2.24. The van der Waals surface area contributed by atoms with Gasteiger partial charge in [0.05, 0.1) is 0 Å². The molecule has 0 aliphatic rings. The second-order valence-electron chi connectivity index (χ2n) is 6.82. The van der Waals surface area contributed by atoms with Crippen LogP contribution in [0, 0.1) is 12.8 Å². The molecule has 0 aromatic heterocycles. The summed E-state index contributed by atoms with van der Waals surface area (Å²) >= 11 is 0. The Morgan fingerprint density at radius 3 is 2.35 bits per heavy atom. The third kappa shape index (κ3) is 4.52. The molecule has 0 amide bonds. The first-order valence-corrected chi connectivity index (χ1v) is 7.70. The fourth-order valence-electron chi connectivity index (χ4n) is 2.27. The number of ether oxygens (including phenoxy) is 1. The van der Waals surface area contributed by atoms with E-state index in [0.29, 0.717) is 12.0 Å². The van der Waals surface area contributed by atoms with Gasteiger partial charge in [-0.25, -0.2) is 0 Å². The Morgan fingerprint density at radius 2 is 1.90 bits per heavy atom. The highest BCUT2D eigenvalue weighted by atomic mass is 16.5. The van der Waals surface area contributed by atoms with Crippen LogP contribution in [0.3, 0.4) is 0 Å². The van der Waals surface area contributed by atoms with Crippen molar-refractivity contribution < 1.29 is 4.74 Å². The minimum absolute atomic E-state index is 0.188. The van der Waals surface area contributed by atoms with E-state index in [1.165, 1.54) is 11.1 Å². The number of aryl methyl sites for hydroxylation is 1. The van der Waals surface area contributed by atoms with Crippen LogP contribution in [-0.4, -0.2) is 19.7 Å². The highest BCUT2D eigenvalue weighted by Gasteiger charge is 2.17. The molecule has 0 fully saturated rings. The van der Waals surface area contributed by atoms with E-state index in [9.17, 15) is 0 Å². The topological polar surface area (TPSA) is 21.3 Å². The molecule has 1 rings (SSSR count). The smallest absolute Gasteiger partial charge is 0.122 e. The molecule has 2 atom stereocenters. The third-order valence-electron chi connectivity index (χ3n) is 4.16. The first-order valence-electron chi connectivity index (χ1n) is 7.70. The lowest BCUT2D eigenvalue weighted by atomic mass is 9.86. The van der Waals surface area contributed by atoms with Crippen molar-refractivity contribution in [3.05, 3.63) is 29.3 Å². The van der Waals surface area contributed by atoms with E-state index in [1.54, 1.807) is 0 Å². The van der Waals surface area contributed by atoms with Crippen LogP contribution in [0.2, 0.25) is 0 Å². The molecule has 0 bridgehead atoms. The predicted octanol–water partition coefficient (Wildman–Crippen LogP) is 4.31. The Balaban J connectivity index is 2.74. The van der Waals surface area contributed by atoms with E-state index < -0.39 is 0 Å². The van der Waals surface area contributed by atoms with Crippen molar-refractivity contribution >= 4 is 0 Å². The average molecular weight is 277 g/mol. The molecule has 2 unspecified atom stereocenters. The molecule has 114 valence electrons. The molecule has 0 saturated heterocycles. The fraction of sp³-hybridized carbons (Fsp3) is 0.667. The van der Waals surface area contributed by atoms with E-state index in [4.69, 9.17) is 4.74 Å². The summed E-state index contributed by atoms with van der Waals surface area (Å²) in [5, 5.41) is 3.35. The minimum Gasteiger partial charge on any atom is -0.492 e. The van der Waals surface area contributed by atoms with Gasteiger partial charge < -0.3 is 10.1 Å². The summed E-state index contributed by atoms with van der Waals surface area (Å²) in [4.78, 5) is 0. The molecule has 1 aromatic rings. The molecule has 2 nitrogen and oxygen atoms in total. The molecule has 1 aromatic carbocycles. The van der Waals surface area contributed by atoms with E-state index in [1.807, 2.05) is 7.05 Å². The van der Waals surface area contributed by atoms with Crippen LogP contribution in [0.15, 0.2) is 18.2 Å². The monoisotopic (exact) mass is 277 g/mol. The maximum atomic E-state index is 6.02. The van der Waals surface area contributed by atoms with Gasteiger partial charge in [-0.3, -0.25) is 0 Å². The van der Waals surface area contributed by atoms with Crippen LogP contribution in [0.25, 0.3) is 0 Å². The van der Waals surface area contributed by atoms with Gasteiger partial charge in [0.25, 0.3) is 0 Å². The summed E-state index contributed by atoms with van der Waals surface area (Å²) in [7, 11) is 2.01. The number of benzene rings is 1. The maximum absolute atomic E-state index is 6.02. The van der Waals surface area contributed by atoms with Crippen LogP contribution < -0.4 is 10.1 Å². The average Bonchev–Trinajstić information content (AvgIpc) is 2.39. The second-order valence-corrected chi connectivity index (χ2v) is 6.82. The summed E-state index contributed by atoms with van der Waals surface area (Å²) < 4.78 is 6.02. The first-order chi connectivity index (χ1) is 9.29. The molecule has 2 heteroatoms. The Morgan fingerprint density at radius 1 is 1.25 bits per heavy atom. The van der Waals surface area contributed by atoms with Gasteiger partial charge in [0.15, 0.2) is 0 Å². The minimum atomic E-state index is 0.188. The molecule has 0 spiro atoms. The van der Waals surface area contributed by atoms with E-state index >= 15 is 0 Å². The zero-order valence-electron chi connectivity index (χ0n) is 14.2. The van der Waals surface area contributed by atoms with Gasteiger partial charge in [0.1, 0.15) is 12.4 Å². The Bertz CT molecular complexity index is 420. The molecular formula is C18H31NO. The molecule has 0 radical (unpaired) electrons. The third-order valence-corrected chi connectivity index (χ3v) is 4.16. The van der Waals surface area contributed by atoms with Crippen molar-refractivity contribution in [2.24, 2.45) is 5.92 Å². The van der Waals surface area contributed by atoms with Crippen molar-refractivity contribution in [2.75, 3.05) is 13.7 Å². The second kappa shape index (κ2) is 7.12. The molecule has 0 saturated carbocycles. The summed E-state index contributed by atoms with van der Waals surface area (Å²) in [5.41, 5.74) is 2.76. The van der Waals surface area contributed by atoms with Gasteiger partial charge in [0.2, 0.25) is 0 Å². The zero-order chi connectivity index (χ0) is 15.3. The molecule has 20 heavy (non-hydrogen) atoms. The van der Waals surface area contributed by atoms with E-state index in [0.717, 1.165) is 18.8 Å². The number of rotatable bonds is 6. The standard InChI is InChI=1S/C18H31NO/c1-8-13(2)16(19-7)12-20-17-10-9-15(11-14(17)3)18(4,5)6/h9-11,13,16,19H,8,12H2,1-7H3. The fourth-order valence-corrected chi connectivity index (χ4v) is 2.27. The maximum Gasteiger partial charge on any atom is 0.122 e. The van der Waals surface area contributed by atoms with E-state index in [2.05, 4.69) is 65.1 Å². The van der Waals surface area contributed by atoms with Crippen LogP contribution in [0.1, 0.15) is 52.2 Å². The quantitative estimate of drug-likeness (QED) is 0.837. The molecule has 0 aliphatic carbocycles. The van der Waals surface area contributed by atoms with Gasteiger partial charge in [-0.05, 0) is 42.5 Å². The van der Waals surface area contributed by atoms with Gasteiger partial charge in [-0.1, -0.05) is 53.2 Å². The number of nitrogens with one attached hydrogen (secondary N) is 1. The predicted molar refractivity (Wildman–Crippen MR) is 87.7 cm³/mol. The van der Waals surface area contributed by atoms with E-state index in [-0.39, 0.29) is 5.41 Å². The summed E-state index contributed by atoms with van der Waals surface area (Å²) in [6.45, 7) is 14.1. The summed E-state index contributed by atoms with van der Waals surface area (Å²) in [6, 6.07) is 6.94. The van der Waals surface area contributed by atoms with Gasteiger partial charge in [-0.15, -0.1) is 0 Å².